The number of carbonyl (C=O) groups is 4. The fraction of sp³-hybridized carbons (Fsp3) is 0.484. The molecule has 0 bridgehead atoms. The van der Waals surface area contributed by atoms with Crippen LogP contribution in [-0.4, -0.2) is 108 Å². The Bertz CT molecular complexity index is 1750. The van der Waals surface area contributed by atoms with Gasteiger partial charge in [-0.1, -0.05) is 43.1 Å². The molecule has 3 heterocycles. The molecule has 2 aromatic carbocycles. The van der Waals surface area contributed by atoms with Gasteiger partial charge >= 0.3 is 0 Å². The second-order valence-electron chi connectivity index (χ2n) is 12.6. The van der Waals surface area contributed by atoms with Crippen molar-refractivity contribution in [1.82, 2.24) is 24.3 Å². The van der Waals surface area contributed by atoms with Crippen LogP contribution in [0, 0.1) is 17.6 Å². The highest BCUT2D eigenvalue weighted by atomic mass is 35.5. The standard InChI is InChI=1S/C31H36Cl2F2N6O6S/c1-16(2)27(36)31(45)39-10-4-5-23(39)28(42)37-22-14-40(48(46,47)25-9-7-18(32)13-19(25)33)26-15-38(3)30(44)24(41(26)29(22)43)12-17-6-8-20(34)21(35)11-17/h6-9,11,13,16,22-24,26-27H,4-5,10,12,14-15,36H2,1-3H3,(H,37,42). The highest BCUT2D eigenvalue weighted by molar-refractivity contribution is 7.89. The third kappa shape index (κ3) is 6.75. The number of piperazine rings is 1. The van der Waals surface area contributed by atoms with Crippen molar-refractivity contribution < 1.29 is 36.4 Å². The van der Waals surface area contributed by atoms with Crippen LogP contribution in [0.15, 0.2) is 41.3 Å². The molecule has 5 unspecified atom stereocenters. The van der Waals surface area contributed by atoms with Crippen molar-refractivity contribution in [2.45, 2.75) is 68.3 Å². The van der Waals surface area contributed by atoms with E-state index in [4.69, 9.17) is 28.9 Å². The van der Waals surface area contributed by atoms with Crippen LogP contribution in [0.1, 0.15) is 32.3 Å². The molecule has 3 aliphatic rings. The van der Waals surface area contributed by atoms with Crippen LogP contribution in [0.4, 0.5) is 8.78 Å². The van der Waals surface area contributed by atoms with Gasteiger partial charge in [0, 0.05) is 31.6 Å². The number of amides is 4. The number of benzene rings is 2. The molecule has 3 fully saturated rings. The Balaban J connectivity index is 1.54. The highest BCUT2D eigenvalue weighted by Crippen LogP contribution is 2.34. The number of nitrogens with one attached hydrogen (secondary N) is 1. The fourth-order valence-corrected chi connectivity index (χ4v) is 8.73. The molecule has 12 nitrogen and oxygen atoms in total. The molecule has 0 saturated carbocycles. The summed E-state index contributed by atoms with van der Waals surface area (Å²) in [6.45, 7) is 3.07. The zero-order valence-electron chi connectivity index (χ0n) is 26.4. The van der Waals surface area contributed by atoms with Crippen molar-refractivity contribution in [1.29, 1.82) is 0 Å². The summed E-state index contributed by atoms with van der Waals surface area (Å²) in [6, 6.07) is 2.19. The van der Waals surface area contributed by atoms with Gasteiger partial charge in [0.15, 0.2) is 11.6 Å². The van der Waals surface area contributed by atoms with E-state index in [9.17, 15) is 36.4 Å². The Labute approximate surface area is 287 Å². The number of rotatable bonds is 8. The molecule has 4 amide bonds. The summed E-state index contributed by atoms with van der Waals surface area (Å²) in [5.41, 5.74) is 6.27. The first-order valence-electron chi connectivity index (χ1n) is 15.4. The van der Waals surface area contributed by atoms with Gasteiger partial charge in [-0.25, -0.2) is 17.2 Å². The molecule has 5 atom stereocenters. The van der Waals surface area contributed by atoms with Crippen molar-refractivity contribution >= 4 is 56.9 Å². The molecule has 48 heavy (non-hydrogen) atoms. The summed E-state index contributed by atoms with van der Waals surface area (Å²) in [4.78, 5) is 58.1. The molecule has 0 radical (unpaired) electrons. The van der Waals surface area contributed by atoms with Gasteiger partial charge in [-0.05, 0) is 54.7 Å². The molecule has 0 aliphatic carbocycles. The Hall–Kier alpha value is -3.37. The number of nitrogens with zero attached hydrogens (tertiary/aromatic N) is 4. The monoisotopic (exact) mass is 728 g/mol. The summed E-state index contributed by atoms with van der Waals surface area (Å²) in [5, 5.41) is 2.64. The molecule has 5 rings (SSSR count). The number of hydrogen-bond donors (Lipinski definition) is 2. The van der Waals surface area contributed by atoms with E-state index in [1.54, 1.807) is 13.8 Å². The number of fused-ring (bicyclic) bond motifs is 1. The van der Waals surface area contributed by atoms with Crippen molar-refractivity contribution in [3.8, 4) is 0 Å². The Morgan fingerprint density at radius 1 is 1.04 bits per heavy atom. The Morgan fingerprint density at radius 3 is 2.40 bits per heavy atom. The van der Waals surface area contributed by atoms with E-state index in [0.29, 0.717) is 12.8 Å². The van der Waals surface area contributed by atoms with Gasteiger partial charge in [-0.3, -0.25) is 19.2 Å². The third-order valence-electron chi connectivity index (χ3n) is 9.05. The number of likely N-dealkylation sites (tertiary alicyclic amines) is 1. The number of hydrogen-bond acceptors (Lipinski definition) is 7. The van der Waals surface area contributed by atoms with Crippen molar-refractivity contribution in [2.75, 3.05) is 26.7 Å². The van der Waals surface area contributed by atoms with E-state index in [0.717, 1.165) is 21.3 Å². The normalized spacial score (nSPS) is 24.2. The third-order valence-corrected chi connectivity index (χ3v) is 11.6. The van der Waals surface area contributed by atoms with E-state index < -0.39 is 82.2 Å². The minimum atomic E-state index is -4.52. The summed E-state index contributed by atoms with van der Waals surface area (Å²) in [5.74, 6) is -4.90. The number of sulfonamides is 1. The lowest BCUT2D eigenvalue weighted by Gasteiger charge is -2.52. The Morgan fingerprint density at radius 2 is 1.75 bits per heavy atom. The molecule has 0 aromatic heterocycles. The first-order valence-corrected chi connectivity index (χ1v) is 17.6. The average molecular weight is 730 g/mol. The van der Waals surface area contributed by atoms with Crippen LogP contribution in [0.5, 0.6) is 0 Å². The number of halogens is 4. The van der Waals surface area contributed by atoms with Crippen molar-refractivity contribution in [3.63, 3.8) is 0 Å². The number of nitrogens with two attached hydrogens (primary N) is 1. The van der Waals surface area contributed by atoms with Gasteiger partial charge in [0.05, 0.1) is 17.6 Å². The van der Waals surface area contributed by atoms with Crippen LogP contribution >= 0.6 is 23.2 Å². The Kier molecular flexibility index (Phi) is 10.4. The molecular formula is C31H36Cl2F2N6O6S. The molecule has 260 valence electrons. The van der Waals surface area contributed by atoms with E-state index in [1.807, 2.05) is 0 Å². The molecule has 17 heteroatoms. The second kappa shape index (κ2) is 13.9. The van der Waals surface area contributed by atoms with Crippen molar-refractivity contribution in [3.05, 3.63) is 63.6 Å². The van der Waals surface area contributed by atoms with Crippen LogP contribution in [0.3, 0.4) is 0 Å². The summed E-state index contributed by atoms with van der Waals surface area (Å²) >= 11 is 12.4. The lowest BCUT2D eigenvalue weighted by molar-refractivity contribution is -0.166. The minimum Gasteiger partial charge on any atom is -0.341 e. The predicted molar refractivity (Wildman–Crippen MR) is 172 cm³/mol. The van der Waals surface area contributed by atoms with Gasteiger partial charge in [-0.2, -0.15) is 4.31 Å². The van der Waals surface area contributed by atoms with Gasteiger partial charge in [0.2, 0.25) is 33.7 Å². The summed E-state index contributed by atoms with van der Waals surface area (Å²) in [6.07, 6.45) is -0.737. The van der Waals surface area contributed by atoms with Crippen LogP contribution in [0.2, 0.25) is 10.0 Å². The molecule has 3 N–H and O–H groups in total. The smallest absolute Gasteiger partial charge is 0.248 e. The molecule has 3 saturated heterocycles. The molecule has 0 spiro atoms. The number of carbonyl (C=O) groups excluding carboxylic acids is 4. The number of likely N-dealkylation sites (N-methyl/N-ethyl adjacent to an activating group) is 1. The zero-order valence-corrected chi connectivity index (χ0v) is 28.7. The van der Waals surface area contributed by atoms with Gasteiger partial charge in [-0.15, -0.1) is 0 Å². The summed E-state index contributed by atoms with van der Waals surface area (Å²) in [7, 11) is -3.08. The topological polar surface area (TPSA) is 153 Å². The minimum absolute atomic E-state index is 0.178. The van der Waals surface area contributed by atoms with Gasteiger partial charge in [0.1, 0.15) is 29.2 Å². The average Bonchev–Trinajstić information content (AvgIpc) is 3.51. The fourth-order valence-electron chi connectivity index (χ4n) is 6.39. The first-order chi connectivity index (χ1) is 22.5. The van der Waals surface area contributed by atoms with E-state index in [1.165, 1.54) is 41.1 Å². The van der Waals surface area contributed by atoms with Gasteiger partial charge in [0.25, 0.3) is 0 Å². The first kappa shape index (κ1) is 35.9. The van der Waals surface area contributed by atoms with Crippen LogP contribution in [0.25, 0.3) is 0 Å². The van der Waals surface area contributed by atoms with E-state index in [2.05, 4.69) is 5.32 Å². The maximum Gasteiger partial charge on any atom is 0.248 e. The van der Waals surface area contributed by atoms with E-state index in [-0.39, 0.29) is 45.9 Å². The predicted octanol–water partition coefficient (Wildman–Crippen LogP) is 1.97. The lowest BCUT2D eigenvalue weighted by atomic mass is 9.97. The molecule has 2 aromatic rings. The second-order valence-corrected chi connectivity index (χ2v) is 15.3. The maximum atomic E-state index is 14.3. The maximum absolute atomic E-state index is 14.3. The zero-order chi connectivity index (χ0) is 35.2. The SMILES string of the molecule is CC(C)C(N)C(=O)N1CCCC1C(=O)NC1CN(S(=O)(=O)c2ccc(Cl)cc2Cl)C2CN(C)C(=O)C(Cc3ccc(F)c(F)c3)N2C1=O. The van der Waals surface area contributed by atoms with Crippen molar-refractivity contribution in [2.24, 2.45) is 11.7 Å². The molecule has 3 aliphatic heterocycles. The summed E-state index contributed by atoms with van der Waals surface area (Å²) < 4.78 is 57.4. The quantitative estimate of drug-likeness (QED) is 0.422. The lowest BCUT2D eigenvalue weighted by Crippen LogP contribution is -2.76. The van der Waals surface area contributed by atoms with E-state index >= 15 is 0 Å². The van der Waals surface area contributed by atoms with Gasteiger partial charge < -0.3 is 25.8 Å². The highest BCUT2D eigenvalue weighted by Gasteiger charge is 2.54. The van der Waals surface area contributed by atoms with Crippen LogP contribution in [-0.2, 0) is 35.6 Å². The molecular weight excluding hydrogens is 693 g/mol. The largest absolute Gasteiger partial charge is 0.341 e. The van der Waals surface area contributed by atoms with Crippen LogP contribution < -0.4 is 11.1 Å².